The van der Waals surface area contributed by atoms with Gasteiger partial charge >= 0.3 is 5.02 Å². The van der Waals surface area contributed by atoms with E-state index in [0.717, 1.165) is 0 Å². The van der Waals surface area contributed by atoms with Crippen molar-refractivity contribution in [3.05, 3.63) is 23.2 Å². The highest BCUT2D eigenvalue weighted by Gasteiger charge is 2.27. The summed E-state index contributed by atoms with van der Waals surface area (Å²) in [7, 11) is 0. The van der Waals surface area contributed by atoms with Gasteiger partial charge in [-0.2, -0.15) is 13.8 Å². The molecular weight excluding hydrogens is 295 g/mol. The van der Waals surface area contributed by atoms with E-state index in [-0.39, 0.29) is 16.5 Å². The molecule has 0 aliphatic heterocycles. The van der Waals surface area contributed by atoms with Gasteiger partial charge in [0.2, 0.25) is 6.08 Å². The first-order valence-electron chi connectivity index (χ1n) is 3.55. The van der Waals surface area contributed by atoms with E-state index < -0.39 is 5.02 Å². The van der Waals surface area contributed by atoms with Gasteiger partial charge in [-0.1, -0.05) is 11.6 Å². The lowest BCUT2D eigenvalue weighted by Crippen LogP contribution is -2.14. The fraction of sp³-hybridized carbons (Fsp3) is 0.125. The van der Waals surface area contributed by atoms with Gasteiger partial charge in [-0.25, -0.2) is 4.79 Å². The number of ether oxygens (including phenoxy) is 1. The molecule has 0 fully saturated rings. The van der Waals surface area contributed by atoms with Crippen LogP contribution in [0.2, 0.25) is 5.02 Å². The molecule has 0 saturated carbocycles. The van der Waals surface area contributed by atoms with Gasteiger partial charge in [0.1, 0.15) is 5.75 Å². The van der Waals surface area contributed by atoms with E-state index in [1.165, 1.54) is 24.3 Å². The molecule has 0 radical (unpaired) electrons. The summed E-state index contributed by atoms with van der Waals surface area (Å²) in [4.78, 5) is 13.2. The number of hydrogen-bond acceptors (Lipinski definition) is 3. The molecule has 0 aliphatic carbocycles. The zero-order valence-corrected chi connectivity index (χ0v) is 9.35. The molecular formula is C8H3BrClF2NO2. The average molecular weight is 298 g/mol. The monoisotopic (exact) mass is 297 g/mol. The highest BCUT2D eigenvalue weighted by molar-refractivity contribution is 9.09. The molecule has 1 aromatic carbocycles. The number of isocyanates is 1. The van der Waals surface area contributed by atoms with Crippen molar-refractivity contribution in [2.24, 2.45) is 4.99 Å². The summed E-state index contributed by atoms with van der Waals surface area (Å²) in [5.74, 6) is -0.219. The van der Waals surface area contributed by atoms with Crippen LogP contribution in [0.4, 0.5) is 14.5 Å². The van der Waals surface area contributed by atoms with Crippen LogP contribution in [-0.4, -0.2) is 11.1 Å². The third kappa shape index (κ3) is 3.95. The lowest BCUT2D eigenvalue weighted by Gasteiger charge is -2.12. The van der Waals surface area contributed by atoms with Gasteiger partial charge in [-0.3, -0.25) is 0 Å². The van der Waals surface area contributed by atoms with Gasteiger partial charge in [0.05, 0.1) is 10.7 Å². The molecule has 3 nitrogen and oxygen atoms in total. The van der Waals surface area contributed by atoms with Crippen LogP contribution in [0.3, 0.4) is 0 Å². The third-order valence-electron chi connectivity index (χ3n) is 1.32. The fourth-order valence-electron chi connectivity index (χ4n) is 0.819. The Bertz CT molecular complexity index is 416. The Morgan fingerprint density at radius 3 is 2.67 bits per heavy atom. The topological polar surface area (TPSA) is 38.7 Å². The second-order valence-corrected chi connectivity index (χ2v) is 3.70. The van der Waals surface area contributed by atoms with Gasteiger partial charge in [0, 0.05) is 15.9 Å². The number of rotatable bonds is 3. The molecule has 0 unspecified atom stereocenters. The Hall–Kier alpha value is -0.970. The van der Waals surface area contributed by atoms with Gasteiger partial charge in [0.25, 0.3) is 0 Å². The number of alkyl halides is 3. The van der Waals surface area contributed by atoms with Gasteiger partial charge < -0.3 is 4.74 Å². The molecule has 0 aromatic heterocycles. The molecule has 0 N–H and O–H groups in total. The molecule has 1 rings (SSSR count). The predicted molar refractivity (Wildman–Crippen MR) is 53.7 cm³/mol. The van der Waals surface area contributed by atoms with Crippen molar-refractivity contribution >= 4 is 39.3 Å². The minimum Gasteiger partial charge on any atom is -0.422 e. The smallest absolute Gasteiger partial charge is 0.422 e. The van der Waals surface area contributed by atoms with Crippen LogP contribution in [0, 0.1) is 0 Å². The van der Waals surface area contributed by atoms with Crippen LogP contribution >= 0.6 is 27.5 Å². The summed E-state index contributed by atoms with van der Waals surface area (Å²) >= 11 is 7.60. The zero-order valence-electron chi connectivity index (χ0n) is 7.01. The van der Waals surface area contributed by atoms with Crippen molar-refractivity contribution in [2.75, 3.05) is 0 Å². The Labute approximate surface area is 96.8 Å². The van der Waals surface area contributed by atoms with Crippen LogP contribution in [0.5, 0.6) is 5.75 Å². The summed E-state index contributed by atoms with van der Waals surface area (Å²) in [6, 6.07) is 3.68. The lowest BCUT2D eigenvalue weighted by molar-refractivity contribution is -0.0802. The molecule has 0 heterocycles. The second kappa shape index (κ2) is 4.70. The first kappa shape index (κ1) is 12.1. The molecule has 1 aromatic rings. The number of nitrogens with zero attached hydrogens (tertiary/aromatic N) is 1. The average Bonchev–Trinajstić information content (AvgIpc) is 2.08. The van der Waals surface area contributed by atoms with Crippen LogP contribution in [-0.2, 0) is 4.79 Å². The maximum Gasteiger partial charge on any atom is 0.459 e. The highest BCUT2D eigenvalue weighted by atomic mass is 79.9. The molecule has 0 bridgehead atoms. The summed E-state index contributed by atoms with van der Waals surface area (Å²) in [6.07, 6.45) is 1.30. The quantitative estimate of drug-likeness (QED) is 0.485. The van der Waals surface area contributed by atoms with Crippen molar-refractivity contribution in [3.8, 4) is 5.75 Å². The van der Waals surface area contributed by atoms with E-state index in [1.807, 2.05) is 15.9 Å². The SMILES string of the molecule is O=C=Nc1ccc(OC(F)(F)Br)c(Cl)c1. The van der Waals surface area contributed by atoms with E-state index in [9.17, 15) is 13.6 Å². The first-order chi connectivity index (χ1) is 6.92. The minimum absolute atomic E-state index is 0.0781. The summed E-state index contributed by atoms with van der Waals surface area (Å²) in [5, 5.41) is -3.57. The van der Waals surface area contributed by atoms with E-state index in [0.29, 0.717) is 0 Å². The van der Waals surface area contributed by atoms with Gasteiger partial charge in [-0.15, -0.1) is 0 Å². The normalized spacial score (nSPS) is 10.7. The standard InChI is InChI=1S/C8H3BrClF2NO2/c9-8(11,12)15-7-2-1-5(13-4-14)3-6(7)10/h1-3H. The van der Waals surface area contributed by atoms with Crippen molar-refractivity contribution in [1.29, 1.82) is 0 Å². The highest BCUT2D eigenvalue weighted by Crippen LogP contribution is 2.34. The second-order valence-electron chi connectivity index (χ2n) is 2.37. The summed E-state index contributed by atoms with van der Waals surface area (Å²) < 4.78 is 29.0. The Balaban J connectivity index is 2.98. The number of hydrogen-bond donors (Lipinski definition) is 0. The van der Waals surface area contributed by atoms with Crippen molar-refractivity contribution < 1.29 is 18.3 Å². The fourth-order valence-corrected chi connectivity index (χ4v) is 1.21. The van der Waals surface area contributed by atoms with Crippen LogP contribution < -0.4 is 4.74 Å². The molecule has 0 spiro atoms. The summed E-state index contributed by atoms with van der Waals surface area (Å²) in [6.45, 7) is 0. The molecule has 0 saturated heterocycles. The zero-order chi connectivity index (χ0) is 11.5. The van der Waals surface area contributed by atoms with E-state index in [2.05, 4.69) is 9.73 Å². The van der Waals surface area contributed by atoms with Gasteiger partial charge in [0.15, 0.2) is 0 Å². The number of halogens is 4. The maximum absolute atomic E-state index is 12.4. The Kier molecular flexibility index (Phi) is 3.79. The van der Waals surface area contributed by atoms with E-state index in [4.69, 9.17) is 11.6 Å². The molecule has 80 valence electrons. The maximum atomic E-state index is 12.4. The third-order valence-corrected chi connectivity index (χ3v) is 1.77. The van der Waals surface area contributed by atoms with Crippen LogP contribution in [0.15, 0.2) is 23.2 Å². The van der Waals surface area contributed by atoms with Crippen molar-refractivity contribution in [1.82, 2.24) is 0 Å². The molecule has 15 heavy (non-hydrogen) atoms. The molecule has 0 atom stereocenters. The van der Waals surface area contributed by atoms with Crippen LogP contribution in [0.1, 0.15) is 0 Å². The molecule has 0 aliphatic rings. The van der Waals surface area contributed by atoms with Crippen molar-refractivity contribution in [3.63, 3.8) is 0 Å². The largest absolute Gasteiger partial charge is 0.459 e. The number of benzene rings is 1. The molecule has 0 amide bonds. The number of carbonyl (C=O) groups excluding carboxylic acids is 1. The van der Waals surface area contributed by atoms with E-state index in [1.54, 1.807) is 0 Å². The lowest BCUT2D eigenvalue weighted by atomic mass is 10.3. The Morgan fingerprint density at radius 1 is 1.53 bits per heavy atom. The number of aliphatic imine (C=N–C) groups is 1. The van der Waals surface area contributed by atoms with Gasteiger partial charge in [-0.05, 0) is 18.2 Å². The van der Waals surface area contributed by atoms with Crippen molar-refractivity contribution in [2.45, 2.75) is 5.02 Å². The minimum atomic E-state index is -3.49. The first-order valence-corrected chi connectivity index (χ1v) is 4.72. The summed E-state index contributed by atoms with van der Waals surface area (Å²) in [5.41, 5.74) is 0.209. The predicted octanol–water partition coefficient (Wildman–Crippen LogP) is 3.63. The van der Waals surface area contributed by atoms with Crippen LogP contribution in [0.25, 0.3) is 0 Å². The molecule has 7 heteroatoms. The Morgan fingerprint density at radius 2 is 2.20 bits per heavy atom. The van der Waals surface area contributed by atoms with E-state index >= 15 is 0 Å².